The Morgan fingerprint density at radius 2 is 1.34 bits per heavy atom. The Morgan fingerprint density at radius 1 is 0.812 bits per heavy atom. The zero-order valence-corrected chi connectivity index (χ0v) is 19.2. The van der Waals surface area contributed by atoms with Gasteiger partial charge in [-0.3, -0.25) is 0 Å². The van der Waals surface area contributed by atoms with Gasteiger partial charge in [-0.15, -0.1) is 0 Å². The van der Waals surface area contributed by atoms with Crippen LogP contribution in [0.1, 0.15) is 95.1 Å². The fourth-order valence-corrected chi connectivity index (χ4v) is 5.83. The number of hydrogen-bond acceptors (Lipinski definition) is 0. The van der Waals surface area contributed by atoms with Gasteiger partial charge in [-0.25, -0.2) is 8.78 Å². The van der Waals surface area contributed by atoms with Gasteiger partial charge in [0.05, 0.1) is 0 Å². The molecule has 0 amide bonds. The van der Waals surface area contributed by atoms with E-state index in [1.54, 1.807) is 0 Å². The van der Waals surface area contributed by atoms with Crippen molar-refractivity contribution in [2.24, 2.45) is 23.7 Å². The second-order valence-electron chi connectivity index (χ2n) is 10.0. The van der Waals surface area contributed by atoms with E-state index < -0.39 is 23.4 Å². The second kappa shape index (κ2) is 11.7. The first-order valence-electron chi connectivity index (χ1n) is 12.5. The number of aryl methyl sites for hydroxylation is 1. The summed E-state index contributed by atoms with van der Waals surface area (Å²) >= 11 is 0. The fraction of sp³-hybridized carbons (Fsp3) is 0.704. The van der Waals surface area contributed by atoms with Gasteiger partial charge >= 0.3 is 6.18 Å². The minimum Gasteiger partial charge on any atom is -0.206 e. The summed E-state index contributed by atoms with van der Waals surface area (Å²) in [6.07, 6.45) is 14.5. The predicted molar refractivity (Wildman–Crippen MR) is 119 cm³/mol. The van der Waals surface area contributed by atoms with Gasteiger partial charge in [-0.05, 0) is 106 Å². The standard InChI is InChI=1S/C27H37F5/c1-2-3-4-5-6-19-9-13-22(14-10-19)23-15-11-20(12-16-23)7-8-21-17-24(28)26(25(29)18-21)27(30,31)32/h4-5,17-20,22-23H,2-3,6-16H2,1H3/b5-4+/t19-,20-,22-,23-. The maximum absolute atomic E-state index is 13.8. The Bertz CT molecular complexity index is 712. The molecule has 3 rings (SSSR count). The maximum atomic E-state index is 13.8. The van der Waals surface area contributed by atoms with Gasteiger partial charge in [0, 0.05) is 0 Å². The number of rotatable bonds is 8. The fourth-order valence-electron chi connectivity index (χ4n) is 5.83. The highest BCUT2D eigenvalue weighted by molar-refractivity contribution is 5.28. The van der Waals surface area contributed by atoms with Gasteiger partial charge in [-0.2, -0.15) is 13.2 Å². The van der Waals surface area contributed by atoms with Crippen molar-refractivity contribution in [3.05, 3.63) is 47.0 Å². The average molecular weight is 457 g/mol. The summed E-state index contributed by atoms with van der Waals surface area (Å²) in [5, 5.41) is 0. The molecule has 2 saturated carbocycles. The average Bonchev–Trinajstić information content (AvgIpc) is 2.75. The third-order valence-electron chi connectivity index (χ3n) is 7.77. The summed E-state index contributed by atoms with van der Waals surface area (Å²) < 4.78 is 65.8. The first-order chi connectivity index (χ1) is 15.3. The van der Waals surface area contributed by atoms with E-state index >= 15 is 0 Å². The predicted octanol–water partition coefficient (Wildman–Crippen LogP) is 9.28. The van der Waals surface area contributed by atoms with Crippen molar-refractivity contribution in [1.82, 2.24) is 0 Å². The van der Waals surface area contributed by atoms with Gasteiger partial charge in [0.1, 0.15) is 17.2 Å². The first kappa shape index (κ1) is 25.2. The first-order valence-corrected chi connectivity index (χ1v) is 12.5. The van der Waals surface area contributed by atoms with Crippen LogP contribution in [0, 0.1) is 35.3 Å². The van der Waals surface area contributed by atoms with E-state index in [0.717, 1.165) is 49.1 Å². The highest BCUT2D eigenvalue weighted by Gasteiger charge is 2.38. The van der Waals surface area contributed by atoms with Gasteiger partial charge < -0.3 is 0 Å². The zero-order valence-electron chi connectivity index (χ0n) is 19.2. The molecule has 1 aromatic carbocycles. The Hall–Kier alpha value is -1.39. The highest BCUT2D eigenvalue weighted by Crippen LogP contribution is 2.43. The van der Waals surface area contributed by atoms with Crippen LogP contribution in [-0.2, 0) is 12.6 Å². The normalized spacial score (nSPS) is 27.2. The number of halogens is 5. The number of alkyl halides is 3. The molecule has 0 unspecified atom stereocenters. The molecule has 0 heterocycles. The molecule has 2 aliphatic carbocycles. The van der Waals surface area contributed by atoms with Crippen molar-refractivity contribution < 1.29 is 22.0 Å². The Labute approximate surface area is 189 Å². The van der Waals surface area contributed by atoms with Crippen LogP contribution in [-0.4, -0.2) is 0 Å². The van der Waals surface area contributed by atoms with E-state index in [0.29, 0.717) is 17.9 Å². The lowest BCUT2D eigenvalue weighted by Gasteiger charge is -2.38. The van der Waals surface area contributed by atoms with E-state index in [9.17, 15) is 22.0 Å². The monoisotopic (exact) mass is 456 g/mol. The molecule has 2 fully saturated rings. The molecule has 1 aromatic rings. The van der Waals surface area contributed by atoms with Gasteiger partial charge in [0.2, 0.25) is 0 Å². The third-order valence-corrected chi connectivity index (χ3v) is 7.77. The van der Waals surface area contributed by atoms with Crippen LogP contribution in [0.15, 0.2) is 24.3 Å². The van der Waals surface area contributed by atoms with Crippen LogP contribution in [0.25, 0.3) is 0 Å². The summed E-state index contributed by atoms with van der Waals surface area (Å²) in [5.41, 5.74) is -1.46. The minimum atomic E-state index is -5.00. The Morgan fingerprint density at radius 3 is 1.84 bits per heavy atom. The lowest BCUT2D eigenvalue weighted by Crippen LogP contribution is -2.26. The van der Waals surface area contributed by atoms with Crippen molar-refractivity contribution in [2.75, 3.05) is 0 Å². The number of benzene rings is 1. The van der Waals surface area contributed by atoms with E-state index in [2.05, 4.69) is 19.1 Å². The number of allylic oxidation sites excluding steroid dienone is 2. The van der Waals surface area contributed by atoms with Crippen molar-refractivity contribution in [3.63, 3.8) is 0 Å². The topological polar surface area (TPSA) is 0 Å². The lowest BCUT2D eigenvalue weighted by atomic mass is 9.68. The zero-order chi connectivity index (χ0) is 23.1. The number of unbranched alkanes of at least 4 members (excludes halogenated alkanes) is 1. The van der Waals surface area contributed by atoms with Crippen molar-refractivity contribution in [3.8, 4) is 0 Å². The number of hydrogen-bond donors (Lipinski definition) is 0. The van der Waals surface area contributed by atoms with E-state index in [-0.39, 0.29) is 0 Å². The summed E-state index contributed by atoms with van der Waals surface area (Å²) in [4.78, 5) is 0. The molecule has 2 aliphatic rings. The summed E-state index contributed by atoms with van der Waals surface area (Å²) in [7, 11) is 0. The molecule has 0 spiro atoms. The van der Waals surface area contributed by atoms with Crippen LogP contribution >= 0.6 is 0 Å². The molecule has 0 aliphatic heterocycles. The van der Waals surface area contributed by atoms with E-state index in [4.69, 9.17) is 0 Å². The van der Waals surface area contributed by atoms with E-state index in [1.165, 1.54) is 57.8 Å². The second-order valence-corrected chi connectivity index (χ2v) is 10.0. The van der Waals surface area contributed by atoms with Crippen molar-refractivity contribution in [1.29, 1.82) is 0 Å². The highest BCUT2D eigenvalue weighted by atomic mass is 19.4. The molecular weight excluding hydrogens is 419 g/mol. The van der Waals surface area contributed by atoms with Crippen molar-refractivity contribution >= 4 is 0 Å². The van der Waals surface area contributed by atoms with Gasteiger partial charge in [0.15, 0.2) is 0 Å². The smallest absolute Gasteiger partial charge is 0.206 e. The SMILES string of the molecule is CCC/C=C/C[C@H]1CC[C@H]([C@H]2CC[C@H](CCc3cc(F)c(C(F)(F)F)c(F)c3)CC2)CC1. The summed E-state index contributed by atoms with van der Waals surface area (Å²) in [6.45, 7) is 2.21. The molecule has 180 valence electrons. The quantitative estimate of drug-likeness (QED) is 0.270. The molecular formula is C27H37F5. The largest absolute Gasteiger partial charge is 0.422 e. The molecule has 0 N–H and O–H groups in total. The minimum absolute atomic E-state index is 0.321. The molecule has 0 bridgehead atoms. The Kier molecular flexibility index (Phi) is 9.19. The Balaban J connectivity index is 1.40. The van der Waals surface area contributed by atoms with Gasteiger partial charge in [0.25, 0.3) is 0 Å². The third kappa shape index (κ3) is 7.05. The van der Waals surface area contributed by atoms with Crippen LogP contribution in [0.4, 0.5) is 22.0 Å². The molecule has 0 atom stereocenters. The molecule has 0 aromatic heterocycles. The molecule has 0 radical (unpaired) electrons. The molecule has 32 heavy (non-hydrogen) atoms. The van der Waals surface area contributed by atoms with Crippen LogP contribution in [0.3, 0.4) is 0 Å². The van der Waals surface area contributed by atoms with Crippen LogP contribution in [0.5, 0.6) is 0 Å². The van der Waals surface area contributed by atoms with Crippen molar-refractivity contribution in [2.45, 2.75) is 96.6 Å². The summed E-state index contributed by atoms with van der Waals surface area (Å²) in [5.74, 6) is -0.0334. The molecule has 5 heteroatoms. The lowest BCUT2D eigenvalue weighted by molar-refractivity contribution is -0.142. The summed E-state index contributed by atoms with van der Waals surface area (Å²) in [6, 6.07) is 1.71. The molecule has 0 nitrogen and oxygen atoms in total. The van der Waals surface area contributed by atoms with Gasteiger partial charge in [-0.1, -0.05) is 38.3 Å². The maximum Gasteiger partial charge on any atom is 0.422 e. The van der Waals surface area contributed by atoms with E-state index in [1.807, 2.05) is 0 Å². The van der Waals surface area contributed by atoms with Crippen LogP contribution in [0.2, 0.25) is 0 Å². The molecule has 0 saturated heterocycles. The van der Waals surface area contributed by atoms with Crippen LogP contribution < -0.4 is 0 Å².